The van der Waals surface area contributed by atoms with Crippen LogP contribution in [-0.4, -0.2) is 35.7 Å². The van der Waals surface area contributed by atoms with Crippen molar-refractivity contribution in [2.45, 2.75) is 27.6 Å². The van der Waals surface area contributed by atoms with E-state index in [0.29, 0.717) is 5.56 Å². The highest BCUT2D eigenvalue weighted by Gasteiger charge is 2.41. The fraction of sp³-hybridized carbons (Fsp3) is 0.278. The first-order chi connectivity index (χ1) is 12.5. The van der Waals surface area contributed by atoms with Gasteiger partial charge in [0.15, 0.2) is 5.78 Å². The molecule has 146 valence electrons. The zero-order valence-corrected chi connectivity index (χ0v) is 17.4. The predicted molar refractivity (Wildman–Crippen MR) is 107 cm³/mol. The second-order valence-corrected chi connectivity index (χ2v) is 10.1. The summed E-state index contributed by atoms with van der Waals surface area (Å²) in [6, 6.07) is 14.4. The molecule has 2 rings (SSSR count). The van der Waals surface area contributed by atoms with Gasteiger partial charge < -0.3 is 5.11 Å². The highest BCUT2D eigenvalue weighted by atomic mass is 35.6. The molecule has 0 bridgehead atoms. The number of aryl methyl sites for hydroxylation is 1. The summed E-state index contributed by atoms with van der Waals surface area (Å²) < 4.78 is 24.9. The van der Waals surface area contributed by atoms with E-state index in [9.17, 15) is 18.3 Å². The van der Waals surface area contributed by atoms with Crippen molar-refractivity contribution in [3.05, 3.63) is 65.7 Å². The summed E-state index contributed by atoms with van der Waals surface area (Å²) in [6.07, 6.45) is -1.65. The van der Waals surface area contributed by atoms with E-state index < -0.39 is 38.2 Å². The lowest BCUT2D eigenvalue weighted by molar-refractivity contribution is -0.121. The first kappa shape index (κ1) is 22.1. The molecule has 0 spiro atoms. The average Bonchev–Trinajstić information content (AvgIpc) is 2.61. The Kier molecular flexibility index (Phi) is 7.30. The van der Waals surface area contributed by atoms with Crippen LogP contribution in [0.4, 0.5) is 0 Å². The fourth-order valence-electron chi connectivity index (χ4n) is 2.47. The van der Waals surface area contributed by atoms with Crippen LogP contribution >= 0.6 is 34.8 Å². The monoisotopic (exact) mass is 449 g/mol. The first-order valence-electron chi connectivity index (χ1n) is 7.91. The largest absolute Gasteiger partial charge is 0.388 e. The lowest BCUT2D eigenvalue weighted by atomic mass is 9.90. The zero-order valence-electron chi connectivity index (χ0n) is 14.3. The average molecular weight is 451 g/mol. The number of sulfonamides is 1. The van der Waals surface area contributed by atoms with Crippen molar-refractivity contribution >= 4 is 50.6 Å². The molecular formula is C18H18Cl3NO4S. The highest BCUT2D eigenvalue weighted by molar-refractivity contribution is 7.89. The van der Waals surface area contributed by atoms with E-state index in [4.69, 9.17) is 34.8 Å². The maximum Gasteiger partial charge on any atom is 0.240 e. The summed E-state index contributed by atoms with van der Waals surface area (Å²) in [5.41, 5.74) is 1.32. The minimum absolute atomic E-state index is 0.0269. The molecule has 27 heavy (non-hydrogen) atoms. The molecule has 0 saturated carbocycles. The van der Waals surface area contributed by atoms with Crippen LogP contribution in [0.2, 0.25) is 0 Å². The molecular weight excluding hydrogens is 433 g/mol. The summed E-state index contributed by atoms with van der Waals surface area (Å²) in [6.45, 7) is 1.27. The number of carbonyl (C=O) groups excluding carboxylic acids is 1. The van der Waals surface area contributed by atoms with Gasteiger partial charge in [-0.25, -0.2) is 13.1 Å². The number of halogens is 3. The Morgan fingerprint density at radius 2 is 1.63 bits per heavy atom. The van der Waals surface area contributed by atoms with Crippen LogP contribution in [0.5, 0.6) is 0 Å². The quantitative estimate of drug-likeness (QED) is 0.634. The number of aliphatic hydroxyl groups is 1. The van der Waals surface area contributed by atoms with Gasteiger partial charge in [0.1, 0.15) is 6.10 Å². The second kappa shape index (κ2) is 8.90. The Balaban J connectivity index is 2.22. The smallest absolute Gasteiger partial charge is 0.240 e. The zero-order chi connectivity index (χ0) is 20.2. The van der Waals surface area contributed by atoms with Gasteiger partial charge in [-0.15, -0.1) is 0 Å². The molecule has 0 heterocycles. The van der Waals surface area contributed by atoms with Crippen molar-refractivity contribution in [1.82, 2.24) is 4.72 Å². The van der Waals surface area contributed by atoms with E-state index in [1.165, 1.54) is 12.1 Å². The third kappa shape index (κ3) is 5.91. The van der Waals surface area contributed by atoms with Gasteiger partial charge in [-0.2, -0.15) is 0 Å². The van der Waals surface area contributed by atoms with E-state index in [-0.39, 0.29) is 4.90 Å². The van der Waals surface area contributed by atoms with Crippen LogP contribution in [0.1, 0.15) is 17.0 Å². The van der Waals surface area contributed by atoms with Crippen molar-refractivity contribution < 1.29 is 18.3 Å². The normalized spacial score (nSPS) is 14.6. The first-order valence-corrected chi connectivity index (χ1v) is 10.5. The topological polar surface area (TPSA) is 83.5 Å². The molecule has 0 aromatic heterocycles. The number of Topliss-reactive ketones (excluding diaryl/α,β-unsaturated/α-hetero) is 1. The number of benzene rings is 2. The number of hydrogen-bond acceptors (Lipinski definition) is 4. The molecule has 5 nitrogen and oxygen atoms in total. The summed E-state index contributed by atoms with van der Waals surface area (Å²) in [5.74, 6) is -1.84. The van der Waals surface area contributed by atoms with Gasteiger partial charge in [0.05, 0.1) is 17.4 Å². The van der Waals surface area contributed by atoms with Crippen molar-refractivity contribution in [3.8, 4) is 0 Å². The number of hydrogen-bond donors (Lipinski definition) is 2. The van der Waals surface area contributed by atoms with Crippen LogP contribution in [0.25, 0.3) is 0 Å². The van der Waals surface area contributed by atoms with Gasteiger partial charge in [0.25, 0.3) is 0 Å². The maximum absolute atomic E-state index is 12.7. The van der Waals surface area contributed by atoms with Crippen LogP contribution in [0.3, 0.4) is 0 Å². The predicted octanol–water partition coefficient (Wildman–Crippen LogP) is 3.36. The molecule has 0 radical (unpaired) electrons. The van der Waals surface area contributed by atoms with Crippen molar-refractivity contribution in [2.24, 2.45) is 0 Å². The molecule has 2 unspecified atom stereocenters. The number of alkyl halides is 3. The molecule has 0 amide bonds. The summed E-state index contributed by atoms with van der Waals surface area (Å²) in [5, 5.41) is 10.4. The van der Waals surface area contributed by atoms with E-state index in [0.717, 1.165) is 5.56 Å². The Morgan fingerprint density at radius 3 is 2.15 bits per heavy atom. The van der Waals surface area contributed by atoms with E-state index in [1.807, 2.05) is 6.92 Å². The maximum atomic E-state index is 12.7. The molecule has 2 atom stereocenters. The van der Waals surface area contributed by atoms with Crippen LogP contribution in [0, 0.1) is 6.92 Å². The lowest BCUT2D eigenvalue weighted by Crippen LogP contribution is -2.41. The van der Waals surface area contributed by atoms with Gasteiger partial charge in [-0.3, -0.25) is 4.79 Å². The van der Waals surface area contributed by atoms with Crippen LogP contribution < -0.4 is 4.72 Å². The minimum atomic E-state index is -3.90. The summed E-state index contributed by atoms with van der Waals surface area (Å²) in [7, 11) is -3.90. The molecule has 0 aliphatic heterocycles. The molecule has 2 aromatic carbocycles. The summed E-state index contributed by atoms with van der Waals surface area (Å²) >= 11 is 17.3. The van der Waals surface area contributed by atoms with Gasteiger partial charge in [0.2, 0.25) is 13.8 Å². The third-order valence-electron chi connectivity index (χ3n) is 3.92. The van der Waals surface area contributed by atoms with Gasteiger partial charge in [0, 0.05) is 0 Å². The molecule has 2 N–H and O–H groups in total. The number of ketones is 1. The van der Waals surface area contributed by atoms with E-state index in [2.05, 4.69) is 4.72 Å². The minimum Gasteiger partial charge on any atom is -0.388 e. The van der Waals surface area contributed by atoms with E-state index in [1.54, 1.807) is 42.5 Å². The number of aliphatic hydroxyl groups excluding tert-OH is 1. The van der Waals surface area contributed by atoms with Crippen molar-refractivity contribution in [3.63, 3.8) is 0 Å². The van der Waals surface area contributed by atoms with Crippen molar-refractivity contribution in [1.29, 1.82) is 0 Å². The molecule has 0 saturated heterocycles. The Morgan fingerprint density at radius 1 is 1.07 bits per heavy atom. The SMILES string of the molecule is Cc1ccc(S(=O)(=O)NCC(=O)C(c2ccccc2)C(O)C(Cl)(Cl)Cl)cc1. The van der Waals surface area contributed by atoms with Gasteiger partial charge in [-0.05, 0) is 24.6 Å². The van der Waals surface area contributed by atoms with Gasteiger partial charge in [-0.1, -0.05) is 82.8 Å². The standard InChI is InChI=1S/C18H18Cl3NO4S/c1-12-7-9-14(10-8-12)27(25,26)22-11-15(23)16(17(24)18(19,20)21)13-5-3-2-4-6-13/h2-10,16-17,22,24H,11H2,1H3. The van der Waals surface area contributed by atoms with Crippen LogP contribution in [0.15, 0.2) is 59.5 Å². The summed E-state index contributed by atoms with van der Waals surface area (Å²) in [4.78, 5) is 12.7. The van der Waals surface area contributed by atoms with Crippen molar-refractivity contribution in [2.75, 3.05) is 6.54 Å². The Hall–Kier alpha value is -1.15. The molecule has 2 aromatic rings. The fourth-order valence-corrected chi connectivity index (χ4v) is 3.84. The molecule has 0 aliphatic carbocycles. The lowest BCUT2D eigenvalue weighted by Gasteiger charge is -2.27. The highest BCUT2D eigenvalue weighted by Crippen LogP contribution is 2.38. The van der Waals surface area contributed by atoms with Crippen LogP contribution in [-0.2, 0) is 14.8 Å². The molecule has 0 fully saturated rings. The third-order valence-corrected chi connectivity index (χ3v) is 6.01. The molecule has 9 heteroatoms. The second-order valence-electron chi connectivity index (χ2n) is 5.98. The number of carbonyl (C=O) groups is 1. The number of rotatable bonds is 7. The number of nitrogens with one attached hydrogen (secondary N) is 1. The molecule has 0 aliphatic rings. The van der Waals surface area contributed by atoms with Gasteiger partial charge >= 0.3 is 0 Å². The Bertz CT molecular complexity index is 881. The van der Waals surface area contributed by atoms with E-state index >= 15 is 0 Å². The Labute approximate surface area is 173 Å².